The van der Waals surface area contributed by atoms with Gasteiger partial charge in [0.1, 0.15) is 5.69 Å². The maximum absolute atomic E-state index is 11.8. The lowest BCUT2D eigenvalue weighted by Crippen LogP contribution is -2.25. The molecule has 110 valence electrons. The van der Waals surface area contributed by atoms with Crippen LogP contribution >= 0.6 is 11.8 Å². The van der Waals surface area contributed by atoms with E-state index in [2.05, 4.69) is 21.7 Å². The highest BCUT2D eigenvalue weighted by atomic mass is 32.2. The molecule has 0 bridgehead atoms. The first kappa shape index (κ1) is 16.3. The van der Waals surface area contributed by atoms with Crippen molar-refractivity contribution in [3.05, 3.63) is 29.6 Å². The molecule has 0 saturated carbocycles. The lowest BCUT2D eigenvalue weighted by molar-refractivity contribution is 0.0948. The highest BCUT2D eigenvalue weighted by Gasteiger charge is 2.07. The molecular formula is C13H20N4O2S. The van der Waals surface area contributed by atoms with Gasteiger partial charge in [0.2, 0.25) is 0 Å². The third-order valence-electron chi connectivity index (χ3n) is 2.71. The lowest BCUT2D eigenvalue weighted by Gasteiger charge is -2.05. The topological polar surface area (TPSA) is 101 Å². The normalized spacial score (nSPS) is 11.3. The number of amidine groups is 1. The van der Waals surface area contributed by atoms with Crippen molar-refractivity contribution in [2.45, 2.75) is 19.3 Å². The Morgan fingerprint density at radius 3 is 2.85 bits per heavy atom. The molecule has 20 heavy (non-hydrogen) atoms. The van der Waals surface area contributed by atoms with Crippen LogP contribution in [0.3, 0.4) is 0 Å². The third-order valence-corrected chi connectivity index (χ3v) is 3.41. The van der Waals surface area contributed by atoms with Gasteiger partial charge in [0.25, 0.3) is 5.91 Å². The number of hydrogen-bond donors (Lipinski definition) is 3. The van der Waals surface area contributed by atoms with Crippen molar-refractivity contribution in [2.75, 3.05) is 18.6 Å². The van der Waals surface area contributed by atoms with Crippen molar-refractivity contribution < 1.29 is 10.0 Å². The largest absolute Gasteiger partial charge is 0.409 e. The molecular weight excluding hydrogens is 276 g/mol. The van der Waals surface area contributed by atoms with Crippen molar-refractivity contribution in [2.24, 2.45) is 10.9 Å². The van der Waals surface area contributed by atoms with Gasteiger partial charge >= 0.3 is 0 Å². The molecule has 0 unspecified atom stereocenters. The summed E-state index contributed by atoms with van der Waals surface area (Å²) in [7, 11) is 0. The van der Waals surface area contributed by atoms with Crippen molar-refractivity contribution in [1.29, 1.82) is 0 Å². The summed E-state index contributed by atoms with van der Waals surface area (Å²) < 4.78 is 0. The van der Waals surface area contributed by atoms with Gasteiger partial charge in [0.15, 0.2) is 5.84 Å². The smallest absolute Gasteiger partial charge is 0.269 e. The maximum Gasteiger partial charge on any atom is 0.269 e. The van der Waals surface area contributed by atoms with E-state index in [0.717, 1.165) is 18.6 Å². The molecule has 0 aliphatic heterocycles. The van der Waals surface area contributed by atoms with Crippen molar-refractivity contribution in [3.63, 3.8) is 0 Å². The van der Waals surface area contributed by atoms with Gasteiger partial charge in [0, 0.05) is 18.3 Å². The van der Waals surface area contributed by atoms with Crippen LogP contribution in [0.25, 0.3) is 0 Å². The van der Waals surface area contributed by atoms with E-state index in [1.165, 1.54) is 12.6 Å². The van der Waals surface area contributed by atoms with Crippen LogP contribution in [0.5, 0.6) is 0 Å². The molecule has 1 heterocycles. The van der Waals surface area contributed by atoms with Crippen LogP contribution in [0.15, 0.2) is 23.5 Å². The number of nitrogens with one attached hydrogen (secondary N) is 1. The van der Waals surface area contributed by atoms with Gasteiger partial charge in [0.05, 0.1) is 0 Å². The first-order valence-electron chi connectivity index (χ1n) is 6.40. The number of pyridine rings is 1. The molecule has 1 amide bonds. The fourth-order valence-corrected chi connectivity index (χ4v) is 2.07. The van der Waals surface area contributed by atoms with E-state index in [0.29, 0.717) is 17.8 Å². The van der Waals surface area contributed by atoms with Crippen molar-refractivity contribution in [1.82, 2.24) is 10.3 Å². The van der Waals surface area contributed by atoms with Crippen LogP contribution in [-0.4, -0.2) is 40.5 Å². The molecule has 1 aromatic rings. The highest BCUT2D eigenvalue weighted by Crippen LogP contribution is 2.02. The molecule has 0 aliphatic rings. The predicted molar refractivity (Wildman–Crippen MR) is 81.3 cm³/mol. The molecule has 4 N–H and O–H groups in total. The van der Waals surface area contributed by atoms with E-state index in [1.54, 1.807) is 12.1 Å². The summed E-state index contributed by atoms with van der Waals surface area (Å²) in [4.78, 5) is 15.8. The van der Waals surface area contributed by atoms with Crippen LogP contribution in [0, 0.1) is 0 Å². The average Bonchev–Trinajstić information content (AvgIpc) is 2.50. The summed E-state index contributed by atoms with van der Waals surface area (Å²) in [6.07, 6.45) is 6.74. The fourth-order valence-electron chi connectivity index (χ4n) is 1.58. The molecule has 0 fully saturated rings. The molecule has 1 aromatic heterocycles. The van der Waals surface area contributed by atoms with Crippen LogP contribution in [0.4, 0.5) is 0 Å². The SMILES string of the molecule is CSCCCCCNC(=O)c1ccc(/C(N)=N/O)cn1. The number of thioether (sulfide) groups is 1. The Labute approximate surface area is 122 Å². The van der Waals surface area contributed by atoms with Crippen LogP contribution in [0.2, 0.25) is 0 Å². The zero-order chi connectivity index (χ0) is 14.8. The number of unbranched alkanes of at least 4 members (excludes halogenated alkanes) is 2. The van der Waals surface area contributed by atoms with Gasteiger partial charge in [-0.3, -0.25) is 9.78 Å². The second-order valence-corrected chi connectivity index (χ2v) is 5.21. The second kappa shape index (κ2) is 9.19. The number of aromatic nitrogens is 1. The summed E-state index contributed by atoms with van der Waals surface area (Å²) in [5.41, 5.74) is 6.21. The molecule has 0 aromatic carbocycles. The number of amides is 1. The number of carbonyl (C=O) groups excluding carboxylic acids is 1. The monoisotopic (exact) mass is 296 g/mol. The minimum absolute atomic E-state index is 0.0294. The van der Waals surface area contributed by atoms with E-state index >= 15 is 0 Å². The molecule has 7 heteroatoms. The molecule has 0 saturated heterocycles. The van der Waals surface area contributed by atoms with E-state index in [9.17, 15) is 4.79 Å². The Balaban J connectivity index is 2.36. The quantitative estimate of drug-likeness (QED) is 0.221. The van der Waals surface area contributed by atoms with Gasteiger partial charge in [-0.05, 0) is 37.0 Å². The zero-order valence-corrected chi connectivity index (χ0v) is 12.3. The minimum Gasteiger partial charge on any atom is -0.409 e. The standard InChI is InChI=1S/C13H20N4O2S/c1-20-8-4-2-3-7-15-13(18)11-6-5-10(9-16-11)12(14)17-19/h5-6,9,19H,2-4,7-8H2,1H3,(H2,14,17)(H,15,18). The summed E-state index contributed by atoms with van der Waals surface area (Å²) >= 11 is 1.83. The molecule has 1 rings (SSSR count). The van der Waals surface area contributed by atoms with E-state index in [-0.39, 0.29) is 11.7 Å². The van der Waals surface area contributed by atoms with Crippen LogP contribution in [0.1, 0.15) is 35.3 Å². The number of hydrogen-bond acceptors (Lipinski definition) is 5. The van der Waals surface area contributed by atoms with E-state index in [4.69, 9.17) is 10.9 Å². The second-order valence-electron chi connectivity index (χ2n) is 4.23. The minimum atomic E-state index is -0.207. The highest BCUT2D eigenvalue weighted by molar-refractivity contribution is 7.98. The first-order valence-corrected chi connectivity index (χ1v) is 7.79. The van der Waals surface area contributed by atoms with E-state index in [1.807, 2.05) is 11.8 Å². The van der Waals surface area contributed by atoms with Gasteiger partial charge < -0.3 is 16.3 Å². The zero-order valence-electron chi connectivity index (χ0n) is 11.5. The molecule has 0 aliphatic carbocycles. The Kier molecular flexibility index (Phi) is 7.49. The molecule has 6 nitrogen and oxygen atoms in total. The molecule has 0 radical (unpaired) electrons. The summed E-state index contributed by atoms with van der Waals surface area (Å²) in [6.45, 7) is 0.650. The number of oxime groups is 1. The number of carbonyl (C=O) groups is 1. The van der Waals surface area contributed by atoms with Gasteiger partial charge in [-0.1, -0.05) is 11.6 Å². The molecule has 0 spiro atoms. The summed E-state index contributed by atoms with van der Waals surface area (Å²) in [5, 5.41) is 14.2. The molecule has 0 atom stereocenters. The van der Waals surface area contributed by atoms with Gasteiger partial charge in [-0.2, -0.15) is 11.8 Å². The van der Waals surface area contributed by atoms with Crippen molar-refractivity contribution >= 4 is 23.5 Å². The summed E-state index contributed by atoms with van der Waals surface area (Å²) in [6, 6.07) is 3.14. The Morgan fingerprint density at radius 2 is 2.25 bits per heavy atom. The Bertz CT molecular complexity index is 448. The third kappa shape index (κ3) is 5.48. The fraction of sp³-hybridized carbons (Fsp3) is 0.462. The Hall–Kier alpha value is -1.76. The maximum atomic E-state index is 11.8. The summed E-state index contributed by atoms with van der Waals surface area (Å²) in [5.74, 6) is 0.921. The number of nitrogens with two attached hydrogens (primary N) is 1. The lowest BCUT2D eigenvalue weighted by atomic mass is 10.2. The van der Waals surface area contributed by atoms with E-state index < -0.39 is 0 Å². The van der Waals surface area contributed by atoms with Gasteiger partial charge in [-0.25, -0.2) is 0 Å². The van der Waals surface area contributed by atoms with Crippen LogP contribution < -0.4 is 11.1 Å². The van der Waals surface area contributed by atoms with Crippen molar-refractivity contribution in [3.8, 4) is 0 Å². The number of nitrogens with zero attached hydrogens (tertiary/aromatic N) is 2. The average molecular weight is 296 g/mol. The Morgan fingerprint density at radius 1 is 1.45 bits per heavy atom. The predicted octanol–water partition coefficient (Wildman–Crippen LogP) is 1.44. The van der Waals surface area contributed by atoms with Gasteiger partial charge in [-0.15, -0.1) is 0 Å². The number of rotatable bonds is 8. The first-order chi connectivity index (χ1) is 9.69. The van der Waals surface area contributed by atoms with Crippen LogP contribution in [-0.2, 0) is 0 Å².